The highest BCUT2D eigenvalue weighted by Gasteiger charge is 2.23. The summed E-state index contributed by atoms with van der Waals surface area (Å²) < 4.78 is 0. The predicted octanol–water partition coefficient (Wildman–Crippen LogP) is 2.78. The van der Waals surface area contributed by atoms with Gasteiger partial charge in [0.1, 0.15) is 0 Å². The summed E-state index contributed by atoms with van der Waals surface area (Å²) in [6.07, 6.45) is 5.62. The Hall–Kier alpha value is -1.93. The van der Waals surface area contributed by atoms with Crippen LogP contribution in [-0.4, -0.2) is 12.0 Å². The molecule has 4 heteroatoms. The molecule has 1 N–H and O–H groups in total. The van der Waals surface area contributed by atoms with Crippen molar-refractivity contribution in [3.05, 3.63) is 24.3 Å². The van der Waals surface area contributed by atoms with Gasteiger partial charge in [-0.15, -0.1) is 0 Å². The summed E-state index contributed by atoms with van der Waals surface area (Å²) in [5, 5.41) is 2.83. The van der Waals surface area contributed by atoms with Crippen LogP contribution in [0.2, 0.25) is 0 Å². The zero-order valence-corrected chi connectivity index (χ0v) is 9.48. The van der Waals surface area contributed by atoms with Crippen molar-refractivity contribution in [1.29, 1.82) is 0 Å². The molecule has 2 rings (SSSR count). The van der Waals surface area contributed by atoms with Crippen LogP contribution in [-0.2, 0) is 9.59 Å². The van der Waals surface area contributed by atoms with Crippen molar-refractivity contribution in [2.24, 2.45) is 10.9 Å². The lowest BCUT2D eigenvalue weighted by Crippen LogP contribution is -2.20. The minimum atomic E-state index is 0.0241. The molecular formula is C13H14N2O2. The molecule has 1 saturated carbocycles. The molecule has 17 heavy (non-hydrogen) atoms. The molecule has 4 nitrogen and oxygen atoms in total. The van der Waals surface area contributed by atoms with Crippen LogP contribution < -0.4 is 5.32 Å². The van der Waals surface area contributed by atoms with E-state index >= 15 is 0 Å². The van der Waals surface area contributed by atoms with Crippen molar-refractivity contribution >= 4 is 23.4 Å². The van der Waals surface area contributed by atoms with Crippen LogP contribution in [0.5, 0.6) is 0 Å². The van der Waals surface area contributed by atoms with Crippen LogP contribution >= 0.6 is 0 Å². The van der Waals surface area contributed by atoms with Crippen molar-refractivity contribution in [1.82, 2.24) is 0 Å². The van der Waals surface area contributed by atoms with Gasteiger partial charge in [0.2, 0.25) is 12.0 Å². The molecule has 1 amide bonds. The first-order valence-corrected chi connectivity index (χ1v) is 5.79. The Bertz CT molecular complexity index is 458. The number of nitrogens with one attached hydrogen (secondary N) is 1. The fraction of sp³-hybridized carbons (Fsp3) is 0.385. The summed E-state index contributed by atoms with van der Waals surface area (Å²) in [6.45, 7) is 0. The third-order valence-electron chi connectivity index (χ3n) is 3.05. The lowest BCUT2D eigenvalue weighted by atomic mass is 10.1. The SMILES string of the molecule is O=C=Nc1ccccc1NC(=O)C1CCCC1. The second-order valence-electron chi connectivity index (χ2n) is 4.19. The fourth-order valence-electron chi connectivity index (χ4n) is 2.15. The average molecular weight is 230 g/mol. The van der Waals surface area contributed by atoms with Crippen molar-refractivity contribution in [3.8, 4) is 0 Å². The van der Waals surface area contributed by atoms with E-state index < -0.39 is 0 Å². The van der Waals surface area contributed by atoms with Crippen molar-refractivity contribution in [2.75, 3.05) is 5.32 Å². The number of carbonyl (C=O) groups is 1. The highest BCUT2D eigenvalue weighted by molar-refractivity contribution is 5.95. The second-order valence-corrected chi connectivity index (χ2v) is 4.19. The molecule has 0 heterocycles. The van der Waals surface area contributed by atoms with Crippen LogP contribution in [0.25, 0.3) is 0 Å². The molecule has 0 unspecified atom stereocenters. The topological polar surface area (TPSA) is 58.5 Å². The third kappa shape index (κ3) is 2.80. The lowest BCUT2D eigenvalue weighted by molar-refractivity contribution is -0.119. The summed E-state index contributed by atoms with van der Waals surface area (Å²) in [4.78, 5) is 25.8. The van der Waals surface area contributed by atoms with E-state index in [1.54, 1.807) is 24.3 Å². The molecule has 0 spiro atoms. The summed E-state index contributed by atoms with van der Waals surface area (Å²) in [7, 11) is 0. The quantitative estimate of drug-likeness (QED) is 0.641. The number of amides is 1. The molecule has 1 aliphatic carbocycles. The Kier molecular flexibility index (Phi) is 3.68. The van der Waals surface area contributed by atoms with Gasteiger partial charge in [0.15, 0.2) is 0 Å². The van der Waals surface area contributed by atoms with Gasteiger partial charge < -0.3 is 5.32 Å². The molecular weight excluding hydrogens is 216 g/mol. The number of hydrogen-bond donors (Lipinski definition) is 1. The minimum Gasteiger partial charge on any atom is -0.324 e. The Balaban J connectivity index is 2.12. The maximum absolute atomic E-state index is 11.9. The largest absolute Gasteiger partial charge is 0.324 e. The van der Waals surface area contributed by atoms with E-state index in [-0.39, 0.29) is 11.8 Å². The van der Waals surface area contributed by atoms with Gasteiger partial charge in [-0.3, -0.25) is 4.79 Å². The Morgan fingerprint density at radius 2 is 2.00 bits per heavy atom. The zero-order chi connectivity index (χ0) is 12.1. The summed E-state index contributed by atoms with van der Waals surface area (Å²) in [6, 6.07) is 6.98. The highest BCUT2D eigenvalue weighted by atomic mass is 16.2. The molecule has 0 atom stereocenters. The smallest absolute Gasteiger partial charge is 0.240 e. The molecule has 1 aliphatic rings. The molecule has 1 aromatic rings. The first-order valence-electron chi connectivity index (χ1n) is 5.79. The van der Waals surface area contributed by atoms with Gasteiger partial charge >= 0.3 is 0 Å². The first-order chi connectivity index (χ1) is 8.31. The molecule has 0 radical (unpaired) electrons. The van der Waals surface area contributed by atoms with Crippen LogP contribution in [0.1, 0.15) is 25.7 Å². The van der Waals surface area contributed by atoms with E-state index in [1.807, 2.05) is 0 Å². The van der Waals surface area contributed by atoms with Crippen LogP contribution in [0, 0.1) is 5.92 Å². The summed E-state index contributed by atoms with van der Waals surface area (Å²) in [5.41, 5.74) is 1.03. The monoisotopic (exact) mass is 230 g/mol. The maximum atomic E-state index is 11.9. The van der Waals surface area contributed by atoms with E-state index in [4.69, 9.17) is 0 Å². The Labute approximate surface area is 99.7 Å². The number of anilines is 1. The van der Waals surface area contributed by atoms with Crippen molar-refractivity contribution < 1.29 is 9.59 Å². The number of benzene rings is 1. The van der Waals surface area contributed by atoms with Gasteiger partial charge in [-0.25, -0.2) is 4.79 Å². The molecule has 88 valence electrons. The van der Waals surface area contributed by atoms with Gasteiger partial charge in [-0.1, -0.05) is 25.0 Å². The highest BCUT2D eigenvalue weighted by Crippen LogP contribution is 2.28. The van der Waals surface area contributed by atoms with E-state index in [9.17, 15) is 9.59 Å². The number of nitrogens with zero attached hydrogens (tertiary/aromatic N) is 1. The Morgan fingerprint density at radius 3 is 2.71 bits per heavy atom. The molecule has 0 aliphatic heterocycles. The predicted molar refractivity (Wildman–Crippen MR) is 64.8 cm³/mol. The standard InChI is InChI=1S/C13H14N2O2/c16-9-14-11-7-3-4-8-12(11)15-13(17)10-5-1-2-6-10/h3-4,7-8,10H,1-2,5-6H2,(H,15,17). The summed E-state index contributed by atoms with van der Waals surface area (Å²) >= 11 is 0. The van der Waals surface area contributed by atoms with Gasteiger partial charge in [0, 0.05) is 5.92 Å². The van der Waals surface area contributed by atoms with Crippen molar-refractivity contribution in [2.45, 2.75) is 25.7 Å². The number of carbonyl (C=O) groups excluding carboxylic acids is 2. The zero-order valence-electron chi connectivity index (χ0n) is 9.48. The maximum Gasteiger partial charge on any atom is 0.240 e. The van der Waals surface area contributed by atoms with Crippen LogP contribution in [0.3, 0.4) is 0 Å². The van der Waals surface area contributed by atoms with E-state index in [2.05, 4.69) is 10.3 Å². The molecule has 0 bridgehead atoms. The average Bonchev–Trinajstić information content (AvgIpc) is 2.85. The number of isocyanates is 1. The van der Waals surface area contributed by atoms with E-state index in [0.717, 1.165) is 25.7 Å². The van der Waals surface area contributed by atoms with Crippen LogP contribution in [0.4, 0.5) is 11.4 Å². The summed E-state index contributed by atoms with van der Waals surface area (Å²) in [5.74, 6) is 0.124. The molecule has 1 fully saturated rings. The van der Waals surface area contributed by atoms with Gasteiger partial charge in [-0.2, -0.15) is 4.99 Å². The van der Waals surface area contributed by atoms with E-state index in [0.29, 0.717) is 11.4 Å². The normalized spacial score (nSPS) is 15.3. The fourth-order valence-corrected chi connectivity index (χ4v) is 2.15. The number of aliphatic imine (C=N–C) groups is 1. The van der Waals surface area contributed by atoms with Gasteiger partial charge in [0.05, 0.1) is 11.4 Å². The molecule has 0 aromatic heterocycles. The number of para-hydroxylation sites is 2. The number of rotatable bonds is 3. The first kappa shape index (κ1) is 11.6. The van der Waals surface area contributed by atoms with E-state index in [1.165, 1.54) is 6.08 Å². The lowest BCUT2D eigenvalue weighted by Gasteiger charge is -2.11. The third-order valence-corrected chi connectivity index (χ3v) is 3.05. The molecule has 1 aromatic carbocycles. The molecule has 0 saturated heterocycles. The van der Waals surface area contributed by atoms with Gasteiger partial charge in [0.25, 0.3) is 0 Å². The minimum absolute atomic E-state index is 0.0241. The second kappa shape index (κ2) is 5.41. The van der Waals surface area contributed by atoms with Gasteiger partial charge in [-0.05, 0) is 25.0 Å². The van der Waals surface area contributed by atoms with Crippen molar-refractivity contribution in [3.63, 3.8) is 0 Å². The number of hydrogen-bond acceptors (Lipinski definition) is 3. The van der Waals surface area contributed by atoms with Crippen LogP contribution in [0.15, 0.2) is 29.3 Å². The Morgan fingerprint density at radius 1 is 1.29 bits per heavy atom.